The molecule has 0 aliphatic rings. The quantitative estimate of drug-likeness (QED) is 0.363. The Morgan fingerprint density at radius 3 is 1.94 bits per heavy atom. The van der Waals surface area contributed by atoms with E-state index in [4.69, 9.17) is 28.8 Å². The molecule has 6 nitrogen and oxygen atoms in total. The van der Waals surface area contributed by atoms with Gasteiger partial charge in [0.2, 0.25) is 0 Å². The number of hydrogen-bond donors (Lipinski definition) is 1. The van der Waals surface area contributed by atoms with Crippen LogP contribution in [0.4, 0.5) is 0 Å². The molecule has 1 unspecified atom stereocenters. The highest BCUT2D eigenvalue weighted by molar-refractivity contribution is 4.44. The van der Waals surface area contributed by atoms with E-state index in [2.05, 4.69) is 0 Å². The molecule has 0 radical (unpaired) electrons. The van der Waals surface area contributed by atoms with Crippen molar-refractivity contribution in [1.29, 1.82) is 0 Å². The number of hydrogen-bond acceptors (Lipinski definition) is 6. The smallest absolute Gasteiger partial charge is 0.181 e. The molecule has 0 aliphatic carbocycles. The van der Waals surface area contributed by atoms with Crippen molar-refractivity contribution in [3.8, 4) is 0 Å². The van der Waals surface area contributed by atoms with Crippen LogP contribution in [0.2, 0.25) is 0 Å². The molecule has 0 saturated heterocycles. The van der Waals surface area contributed by atoms with Gasteiger partial charge < -0.3 is 28.8 Å². The lowest BCUT2D eigenvalue weighted by Gasteiger charge is -2.18. The second kappa shape index (κ2) is 14.8. The van der Waals surface area contributed by atoms with Crippen LogP contribution in [-0.4, -0.2) is 70.9 Å². The zero-order valence-electron chi connectivity index (χ0n) is 11.4. The molecule has 0 aliphatic heterocycles. The van der Waals surface area contributed by atoms with Crippen LogP contribution in [0.5, 0.6) is 0 Å². The first-order valence-electron chi connectivity index (χ1n) is 6.42. The largest absolute Gasteiger partial charge is 0.394 e. The Hall–Kier alpha value is -0.240. The van der Waals surface area contributed by atoms with E-state index in [0.717, 1.165) is 0 Å². The molecule has 0 heterocycles. The van der Waals surface area contributed by atoms with Gasteiger partial charge in [-0.2, -0.15) is 0 Å². The van der Waals surface area contributed by atoms with E-state index in [1.165, 1.54) is 0 Å². The second-order valence-corrected chi connectivity index (χ2v) is 3.36. The van der Waals surface area contributed by atoms with Gasteiger partial charge >= 0.3 is 0 Å². The van der Waals surface area contributed by atoms with Crippen LogP contribution in [0, 0.1) is 0 Å². The standard InChI is InChI=1S/C12H26O6/c1-3-14-7-8-16-11-12(17-6-5-13)18-10-9-15-4-2/h12-13H,3-11H2,1-2H3. The summed E-state index contributed by atoms with van der Waals surface area (Å²) in [7, 11) is 0. The molecule has 0 aromatic rings. The summed E-state index contributed by atoms with van der Waals surface area (Å²) in [6.07, 6.45) is -0.473. The molecule has 0 rings (SSSR count). The predicted molar refractivity (Wildman–Crippen MR) is 66.6 cm³/mol. The third-order valence-electron chi connectivity index (χ3n) is 1.96. The van der Waals surface area contributed by atoms with Gasteiger partial charge in [0.05, 0.1) is 46.2 Å². The molecule has 0 amide bonds. The summed E-state index contributed by atoms with van der Waals surface area (Å²) >= 11 is 0. The normalized spacial score (nSPS) is 12.8. The molecule has 6 heteroatoms. The van der Waals surface area contributed by atoms with Gasteiger partial charge in [-0.15, -0.1) is 0 Å². The molecular formula is C12H26O6. The maximum Gasteiger partial charge on any atom is 0.181 e. The Morgan fingerprint density at radius 1 is 0.778 bits per heavy atom. The van der Waals surface area contributed by atoms with Gasteiger partial charge in [-0.25, -0.2) is 0 Å². The topological polar surface area (TPSA) is 66.4 Å². The summed E-state index contributed by atoms with van der Waals surface area (Å²) in [5, 5.41) is 8.70. The molecule has 0 spiro atoms. The van der Waals surface area contributed by atoms with Gasteiger partial charge in [0.25, 0.3) is 0 Å². The molecule has 0 aromatic heterocycles. The van der Waals surface area contributed by atoms with Crippen molar-refractivity contribution >= 4 is 0 Å². The summed E-state index contributed by atoms with van der Waals surface area (Å²) in [5.41, 5.74) is 0. The molecule has 0 saturated carbocycles. The third-order valence-corrected chi connectivity index (χ3v) is 1.96. The van der Waals surface area contributed by atoms with E-state index in [-0.39, 0.29) is 13.2 Å². The zero-order chi connectivity index (χ0) is 13.5. The summed E-state index contributed by atoms with van der Waals surface area (Å²) in [4.78, 5) is 0. The van der Waals surface area contributed by atoms with Crippen molar-refractivity contribution in [2.24, 2.45) is 0 Å². The molecule has 0 bridgehead atoms. The summed E-state index contributed by atoms with van der Waals surface area (Å²) < 4.78 is 26.4. The van der Waals surface area contributed by atoms with Gasteiger partial charge in [-0.1, -0.05) is 0 Å². The second-order valence-electron chi connectivity index (χ2n) is 3.36. The van der Waals surface area contributed by atoms with Crippen LogP contribution in [0.15, 0.2) is 0 Å². The van der Waals surface area contributed by atoms with E-state index in [1.54, 1.807) is 0 Å². The minimum atomic E-state index is -0.473. The van der Waals surface area contributed by atoms with Gasteiger partial charge in [0, 0.05) is 13.2 Å². The average Bonchev–Trinajstić information content (AvgIpc) is 2.39. The van der Waals surface area contributed by atoms with Crippen molar-refractivity contribution in [2.45, 2.75) is 20.1 Å². The fourth-order valence-corrected chi connectivity index (χ4v) is 1.15. The maximum atomic E-state index is 8.70. The van der Waals surface area contributed by atoms with Crippen LogP contribution in [0.1, 0.15) is 13.8 Å². The van der Waals surface area contributed by atoms with Crippen molar-refractivity contribution in [1.82, 2.24) is 0 Å². The number of aliphatic hydroxyl groups is 1. The van der Waals surface area contributed by atoms with E-state index >= 15 is 0 Å². The van der Waals surface area contributed by atoms with Crippen LogP contribution in [-0.2, 0) is 23.7 Å². The van der Waals surface area contributed by atoms with Crippen molar-refractivity contribution < 1.29 is 28.8 Å². The first kappa shape index (κ1) is 17.8. The molecule has 110 valence electrons. The van der Waals surface area contributed by atoms with E-state index in [9.17, 15) is 0 Å². The Labute approximate surface area is 109 Å². The Morgan fingerprint density at radius 2 is 1.33 bits per heavy atom. The highest BCUT2D eigenvalue weighted by Gasteiger charge is 2.09. The lowest BCUT2D eigenvalue weighted by atomic mass is 10.6. The Bertz CT molecular complexity index is 156. The van der Waals surface area contributed by atoms with Gasteiger partial charge in [0.1, 0.15) is 0 Å². The fourth-order valence-electron chi connectivity index (χ4n) is 1.15. The lowest BCUT2D eigenvalue weighted by molar-refractivity contribution is -0.183. The van der Waals surface area contributed by atoms with E-state index < -0.39 is 6.29 Å². The summed E-state index contributed by atoms with van der Waals surface area (Å²) in [5.74, 6) is 0. The van der Waals surface area contributed by atoms with E-state index in [1.807, 2.05) is 13.8 Å². The predicted octanol–water partition coefficient (Wildman–Crippen LogP) is 0.428. The first-order chi connectivity index (χ1) is 8.85. The number of ether oxygens (including phenoxy) is 5. The van der Waals surface area contributed by atoms with Gasteiger partial charge in [-0.3, -0.25) is 0 Å². The van der Waals surface area contributed by atoms with Crippen LogP contribution >= 0.6 is 0 Å². The molecule has 18 heavy (non-hydrogen) atoms. The average molecular weight is 266 g/mol. The van der Waals surface area contributed by atoms with Crippen LogP contribution in [0.3, 0.4) is 0 Å². The van der Waals surface area contributed by atoms with Crippen molar-refractivity contribution in [3.63, 3.8) is 0 Å². The molecular weight excluding hydrogens is 240 g/mol. The van der Waals surface area contributed by atoms with Crippen molar-refractivity contribution in [2.75, 3.05) is 59.5 Å². The molecule has 0 aromatic carbocycles. The highest BCUT2D eigenvalue weighted by Crippen LogP contribution is 1.97. The lowest BCUT2D eigenvalue weighted by Crippen LogP contribution is -2.27. The number of rotatable bonds is 14. The minimum absolute atomic E-state index is 0.0374. The summed E-state index contributed by atoms with van der Waals surface area (Å²) in [6.45, 7) is 7.74. The minimum Gasteiger partial charge on any atom is -0.394 e. The van der Waals surface area contributed by atoms with Crippen molar-refractivity contribution in [3.05, 3.63) is 0 Å². The summed E-state index contributed by atoms with van der Waals surface area (Å²) in [6, 6.07) is 0. The number of aliphatic hydroxyl groups excluding tert-OH is 1. The third kappa shape index (κ3) is 12.2. The van der Waals surface area contributed by atoms with Gasteiger partial charge in [-0.05, 0) is 13.8 Å². The molecule has 0 fully saturated rings. The Balaban J connectivity index is 3.56. The first-order valence-corrected chi connectivity index (χ1v) is 6.42. The molecule has 1 atom stereocenters. The Kier molecular flexibility index (Phi) is 14.6. The zero-order valence-corrected chi connectivity index (χ0v) is 11.4. The monoisotopic (exact) mass is 266 g/mol. The maximum absolute atomic E-state index is 8.70. The fraction of sp³-hybridized carbons (Fsp3) is 1.00. The SMILES string of the molecule is CCOCCOCC(OCCO)OCCOCC. The highest BCUT2D eigenvalue weighted by atomic mass is 16.7. The van der Waals surface area contributed by atoms with Crippen LogP contribution < -0.4 is 0 Å². The molecule has 1 N–H and O–H groups in total. The van der Waals surface area contributed by atoms with Crippen LogP contribution in [0.25, 0.3) is 0 Å². The van der Waals surface area contributed by atoms with Gasteiger partial charge in [0.15, 0.2) is 6.29 Å². The van der Waals surface area contributed by atoms with E-state index in [0.29, 0.717) is 46.2 Å².